The molecule has 1 aliphatic rings. The number of aromatic nitrogens is 1. The van der Waals surface area contributed by atoms with Gasteiger partial charge in [0.25, 0.3) is 0 Å². The number of thioether (sulfide) groups is 1. The van der Waals surface area contributed by atoms with Gasteiger partial charge in [0.2, 0.25) is 11.8 Å². The van der Waals surface area contributed by atoms with Crippen molar-refractivity contribution in [2.75, 3.05) is 6.26 Å². The summed E-state index contributed by atoms with van der Waals surface area (Å²) in [4.78, 5) is 30.1. The SMILES string of the molecule is CSc1cccc(Oc2ncc(F)cc2C(=O)CCCC2CCC(NC(=O)CCC(C)C)CC2)c1. The van der Waals surface area contributed by atoms with E-state index in [4.69, 9.17) is 4.74 Å². The van der Waals surface area contributed by atoms with Gasteiger partial charge in [0.1, 0.15) is 11.6 Å². The highest BCUT2D eigenvalue weighted by Crippen LogP contribution is 2.31. The Bertz CT molecular complexity index is 990. The molecule has 0 spiro atoms. The van der Waals surface area contributed by atoms with Crippen molar-refractivity contribution in [3.63, 3.8) is 0 Å². The summed E-state index contributed by atoms with van der Waals surface area (Å²) < 4.78 is 19.7. The van der Waals surface area contributed by atoms with Gasteiger partial charge in [0.05, 0.1) is 11.8 Å². The van der Waals surface area contributed by atoms with Crippen LogP contribution in [-0.2, 0) is 4.79 Å². The van der Waals surface area contributed by atoms with Crippen LogP contribution in [0.5, 0.6) is 11.6 Å². The largest absolute Gasteiger partial charge is 0.438 e. The first-order chi connectivity index (χ1) is 16.8. The molecule has 1 fully saturated rings. The van der Waals surface area contributed by atoms with E-state index < -0.39 is 5.82 Å². The molecule has 0 saturated heterocycles. The Balaban J connectivity index is 1.46. The summed E-state index contributed by atoms with van der Waals surface area (Å²) in [6, 6.07) is 8.99. The van der Waals surface area contributed by atoms with E-state index in [-0.39, 0.29) is 29.2 Å². The molecule has 5 nitrogen and oxygen atoms in total. The van der Waals surface area contributed by atoms with Crippen LogP contribution in [0.1, 0.15) is 82.0 Å². The van der Waals surface area contributed by atoms with Crippen molar-refractivity contribution in [3.8, 4) is 11.6 Å². The zero-order chi connectivity index (χ0) is 25.2. The van der Waals surface area contributed by atoms with Crippen LogP contribution in [0, 0.1) is 17.7 Å². The van der Waals surface area contributed by atoms with E-state index in [9.17, 15) is 14.0 Å². The van der Waals surface area contributed by atoms with Gasteiger partial charge in [-0.1, -0.05) is 26.3 Å². The van der Waals surface area contributed by atoms with E-state index in [0.29, 0.717) is 30.4 Å². The first-order valence-corrected chi connectivity index (χ1v) is 13.9. The first-order valence-electron chi connectivity index (χ1n) is 12.6. The highest BCUT2D eigenvalue weighted by molar-refractivity contribution is 7.98. The fourth-order valence-corrected chi connectivity index (χ4v) is 4.93. The number of nitrogens with zero attached hydrogens (tertiary/aromatic N) is 1. The number of halogens is 1. The Morgan fingerprint density at radius 3 is 2.66 bits per heavy atom. The zero-order valence-electron chi connectivity index (χ0n) is 21.0. The third-order valence-corrected chi connectivity index (χ3v) is 7.28. The van der Waals surface area contributed by atoms with Crippen LogP contribution in [0.4, 0.5) is 4.39 Å². The van der Waals surface area contributed by atoms with E-state index in [2.05, 4.69) is 24.1 Å². The van der Waals surface area contributed by atoms with E-state index in [1.165, 1.54) is 6.07 Å². The number of nitrogens with one attached hydrogen (secondary N) is 1. The highest BCUT2D eigenvalue weighted by Gasteiger charge is 2.23. The van der Waals surface area contributed by atoms with Gasteiger partial charge in [-0.2, -0.15) is 0 Å². The molecule has 1 aliphatic carbocycles. The topological polar surface area (TPSA) is 68.3 Å². The fraction of sp³-hybridized carbons (Fsp3) is 0.536. The molecule has 0 atom stereocenters. The number of benzene rings is 1. The van der Waals surface area contributed by atoms with E-state index in [0.717, 1.165) is 56.0 Å². The van der Waals surface area contributed by atoms with Crippen molar-refractivity contribution in [3.05, 3.63) is 47.9 Å². The molecule has 3 rings (SSSR count). The van der Waals surface area contributed by atoms with Crippen molar-refractivity contribution in [2.45, 2.75) is 82.6 Å². The maximum Gasteiger partial charge on any atom is 0.230 e. The molecular weight excluding hydrogens is 463 g/mol. The van der Waals surface area contributed by atoms with Gasteiger partial charge in [0, 0.05) is 23.8 Å². The van der Waals surface area contributed by atoms with Gasteiger partial charge in [-0.15, -0.1) is 11.8 Å². The number of ketones is 1. The Labute approximate surface area is 212 Å². The molecule has 1 N–H and O–H groups in total. The van der Waals surface area contributed by atoms with Gasteiger partial charge in [-0.05, 0) is 80.9 Å². The van der Waals surface area contributed by atoms with Crippen LogP contribution in [-0.4, -0.2) is 29.0 Å². The Kier molecular flexibility index (Phi) is 10.6. The standard InChI is InChI=1S/C28H37FN2O3S/c1-19(2)10-15-27(33)31-22-13-11-20(12-14-22)6-4-9-26(32)25-16-21(29)18-30-28(25)34-23-7-5-8-24(17-23)35-3/h5,7-8,16-20,22H,4,6,9-15H2,1-3H3,(H,31,33). The molecule has 35 heavy (non-hydrogen) atoms. The molecule has 1 heterocycles. The van der Waals surface area contributed by atoms with Crippen molar-refractivity contribution in [1.82, 2.24) is 10.3 Å². The summed E-state index contributed by atoms with van der Waals surface area (Å²) in [7, 11) is 0. The lowest BCUT2D eigenvalue weighted by Crippen LogP contribution is -2.37. The molecule has 1 amide bonds. The van der Waals surface area contributed by atoms with Crippen molar-refractivity contribution in [1.29, 1.82) is 0 Å². The number of ether oxygens (including phenoxy) is 1. The fourth-order valence-electron chi connectivity index (χ4n) is 4.49. The predicted octanol–water partition coefficient (Wildman–Crippen LogP) is 7.20. The maximum atomic E-state index is 13.9. The average molecular weight is 501 g/mol. The van der Waals surface area contributed by atoms with Gasteiger partial charge >= 0.3 is 0 Å². The number of hydrogen-bond acceptors (Lipinski definition) is 5. The number of carbonyl (C=O) groups excluding carboxylic acids is 2. The number of Topliss-reactive ketones (excluding diaryl/α,β-unsaturated/α-hetero) is 1. The van der Waals surface area contributed by atoms with E-state index >= 15 is 0 Å². The minimum absolute atomic E-state index is 0.142. The monoisotopic (exact) mass is 500 g/mol. The Hall–Kier alpha value is -2.41. The lowest BCUT2D eigenvalue weighted by molar-refractivity contribution is -0.122. The average Bonchev–Trinajstić information content (AvgIpc) is 2.85. The summed E-state index contributed by atoms with van der Waals surface area (Å²) in [5, 5.41) is 3.18. The lowest BCUT2D eigenvalue weighted by atomic mass is 9.83. The van der Waals surface area contributed by atoms with E-state index in [1.54, 1.807) is 17.8 Å². The molecule has 7 heteroatoms. The highest BCUT2D eigenvalue weighted by atomic mass is 32.2. The zero-order valence-corrected chi connectivity index (χ0v) is 21.8. The molecule has 1 aromatic heterocycles. The minimum atomic E-state index is -0.549. The van der Waals surface area contributed by atoms with Gasteiger partial charge in [-0.25, -0.2) is 9.37 Å². The Morgan fingerprint density at radius 1 is 1.17 bits per heavy atom. The van der Waals surface area contributed by atoms with Crippen molar-refractivity contribution in [2.24, 2.45) is 11.8 Å². The molecule has 0 unspecified atom stereocenters. The molecule has 2 aromatic rings. The number of pyridine rings is 1. The minimum Gasteiger partial charge on any atom is -0.438 e. The summed E-state index contributed by atoms with van der Waals surface area (Å²) in [5.74, 6) is 1.26. The van der Waals surface area contributed by atoms with Crippen LogP contribution >= 0.6 is 11.8 Å². The summed E-state index contributed by atoms with van der Waals surface area (Å²) in [6.45, 7) is 4.26. The number of amides is 1. The molecule has 190 valence electrons. The maximum absolute atomic E-state index is 13.9. The third kappa shape index (κ3) is 8.95. The number of rotatable bonds is 12. The van der Waals surface area contributed by atoms with Crippen LogP contribution in [0.25, 0.3) is 0 Å². The second-order valence-electron chi connectivity index (χ2n) is 9.82. The van der Waals surface area contributed by atoms with E-state index in [1.807, 2.05) is 24.5 Å². The quantitative estimate of drug-likeness (QED) is 0.247. The molecule has 0 aliphatic heterocycles. The smallest absolute Gasteiger partial charge is 0.230 e. The van der Waals surface area contributed by atoms with Crippen molar-refractivity contribution >= 4 is 23.5 Å². The second kappa shape index (κ2) is 13.6. The van der Waals surface area contributed by atoms with Crippen LogP contribution in [0.3, 0.4) is 0 Å². The molecule has 1 saturated carbocycles. The summed E-state index contributed by atoms with van der Waals surface area (Å²) >= 11 is 1.59. The molecular formula is C28H37FN2O3S. The van der Waals surface area contributed by atoms with Gasteiger partial charge < -0.3 is 10.1 Å². The first kappa shape index (κ1) is 27.2. The molecule has 0 bridgehead atoms. The normalized spacial score (nSPS) is 17.9. The molecule has 0 radical (unpaired) electrons. The van der Waals surface area contributed by atoms with Gasteiger partial charge in [-0.3, -0.25) is 9.59 Å². The molecule has 1 aromatic carbocycles. The van der Waals surface area contributed by atoms with Crippen LogP contribution < -0.4 is 10.1 Å². The third-order valence-electron chi connectivity index (χ3n) is 6.55. The predicted molar refractivity (Wildman–Crippen MR) is 139 cm³/mol. The summed E-state index contributed by atoms with van der Waals surface area (Å²) in [5.41, 5.74) is 0.187. The van der Waals surface area contributed by atoms with Crippen molar-refractivity contribution < 1.29 is 18.7 Å². The van der Waals surface area contributed by atoms with Crippen LogP contribution in [0.15, 0.2) is 41.4 Å². The Morgan fingerprint density at radius 2 is 1.94 bits per heavy atom. The number of hydrogen-bond donors (Lipinski definition) is 1. The lowest BCUT2D eigenvalue weighted by Gasteiger charge is -2.29. The second-order valence-corrected chi connectivity index (χ2v) is 10.7. The van der Waals surface area contributed by atoms with Gasteiger partial charge in [0.15, 0.2) is 5.78 Å². The number of carbonyl (C=O) groups is 2. The summed E-state index contributed by atoms with van der Waals surface area (Å²) in [6.07, 6.45) is 10.7. The van der Waals surface area contributed by atoms with Crippen LogP contribution in [0.2, 0.25) is 0 Å².